The molecular weight excluding hydrogens is 259 g/mol. The Morgan fingerprint density at radius 1 is 1.37 bits per heavy atom. The molecule has 1 aromatic carbocycles. The molecule has 2 rings (SSSR count). The molecule has 1 unspecified atom stereocenters. The molecule has 0 saturated heterocycles. The fourth-order valence-electron chi connectivity index (χ4n) is 1.97. The molecular formula is C15H15FN2S. The average molecular weight is 274 g/mol. The first kappa shape index (κ1) is 13.6. The van der Waals surface area contributed by atoms with Gasteiger partial charge in [-0.05, 0) is 38.1 Å². The number of nitrogens with one attached hydrogen (secondary N) is 1. The Morgan fingerprint density at radius 2 is 2.16 bits per heavy atom. The fourth-order valence-corrected chi connectivity index (χ4v) is 2.99. The Kier molecular flexibility index (Phi) is 4.18. The highest BCUT2D eigenvalue weighted by molar-refractivity contribution is 7.11. The third-order valence-corrected chi connectivity index (χ3v) is 3.85. The zero-order chi connectivity index (χ0) is 13.8. The van der Waals surface area contributed by atoms with Gasteiger partial charge >= 0.3 is 0 Å². The van der Waals surface area contributed by atoms with Crippen LogP contribution in [0, 0.1) is 24.1 Å². The Morgan fingerprint density at radius 3 is 2.79 bits per heavy atom. The summed E-state index contributed by atoms with van der Waals surface area (Å²) in [4.78, 5) is 2.57. The number of halogens is 1. The normalized spacial score (nSPS) is 11.9. The summed E-state index contributed by atoms with van der Waals surface area (Å²) in [5, 5.41) is 12.2. The van der Waals surface area contributed by atoms with Crippen LogP contribution in [-0.4, -0.2) is 6.04 Å². The van der Waals surface area contributed by atoms with Gasteiger partial charge in [0.05, 0.1) is 5.69 Å². The molecule has 2 nitrogen and oxygen atoms in total. The smallest absolute Gasteiger partial charge is 0.143 e. The molecule has 1 aromatic heterocycles. The molecule has 0 aliphatic heterocycles. The van der Waals surface area contributed by atoms with Crippen molar-refractivity contribution in [2.45, 2.75) is 26.3 Å². The van der Waals surface area contributed by atoms with E-state index in [0.717, 1.165) is 6.42 Å². The van der Waals surface area contributed by atoms with Crippen molar-refractivity contribution in [3.8, 4) is 6.07 Å². The van der Waals surface area contributed by atoms with Gasteiger partial charge in [0.1, 0.15) is 17.4 Å². The van der Waals surface area contributed by atoms with E-state index in [4.69, 9.17) is 5.26 Å². The van der Waals surface area contributed by atoms with Gasteiger partial charge in [-0.3, -0.25) is 0 Å². The van der Waals surface area contributed by atoms with E-state index in [0.29, 0.717) is 5.69 Å². The Hall–Kier alpha value is -1.86. The Labute approximate surface area is 116 Å². The highest BCUT2D eigenvalue weighted by atomic mass is 32.1. The molecule has 0 radical (unpaired) electrons. The maximum atomic E-state index is 13.5. The first-order chi connectivity index (χ1) is 9.10. The van der Waals surface area contributed by atoms with Crippen LogP contribution in [0.25, 0.3) is 0 Å². The number of nitrogens with zero attached hydrogens (tertiary/aromatic N) is 1. The second-order valence-corrected chi connectivity index (χ2v) is 5.91. The number of hydrogen-bond donors (Lipinski definition) is 1. The van der Waals surface area contributed by atoms with Crippen LogP contribution in [0.5, 0.6) is 0 Å². The molecule has 0 aliphatic rings. The summed E-state index contributed by atoms with van der Waals surface area (Å²) < 4.78 is 13.5. The van der Waals surface area contributed by atoms with Crippen molar-refractivity contribution in [2.75, 3.05) is 5.32 Å². The quantitative estimate of drug-likeness (QED) is 0.910. The maximum Gasteiger partial charge on any atom is 0.143 e. The van der Waals surface area contributed by atoms with Crippen molar-refractivity contribution < 1.29 is 4.39 Å². The maximum absolute atomic E-state index is 13.5. The number of hydrogen-bond acceptors (Lipinski definition) is 3. The van der Waals surface area contributed by atoms with E-state index < -0.39 is 5.82 Å². The zero-order valence-electron chi connectivity index (χ0n) is 10.9. The predicted molar refractivity (Wildman–Crippen MR) is 77.0 cm³/mol. The third-order valence-electron chi connectivity index (χ3n) is 2.83. The second-order valence-electron chi connectivity index (χ2n) is 4.54. The lowest BCUT2D eigenvalue weighted by Gasteiger charge is -2.15. The van der Waals surface area contributed by atoms with Gasteiger partial charge in [-0.25, -0.2) is 4.39 Å². The number of nitriles is 1. The van der Waals surface area contributed by atoms with Crippen LogP contribution >= 0.6 is 11.3 Å². The van der Waals surface area contributed by atoms with Crippen molar-refractivity contribution in [1.29, 1.82) is 5.26 Å². The molecule has 1 heterocycles. The number of aryl methyl sites for hydroxylation is 1. The average Bonchev–Trinajstić information content (AvgIpc) is 2.75. The molecule has 4 heteroatoms. The van der Waals surface area contributed by atoms with Crippen LogP contribution in [0.4, 0.5) is 10.1 Å². The van der Waals surface area contributed by atoms with Crippen molar-refractivity contribution in [2.24, 2.45) is 0 Å². The van der Waals surface area contributed by atoms with Gasteiger partial charge in [0.2, 0.25) is 0 Å². The van der Waals surface area contributed by atoms with Gasteiger partial charge < -0.3 is 5.32 Å². The number of rotatable bonds is 4. The monoisotopic (exact) mass is 274 g/mol. The van der Waals surface area contributed by atoms with Crippen molar-refractivity contribution in [1.82, 2.24) is 0 Å². The number of thiophene rings is 1. The number of benzene rings is 1. The minimum Gasteiger partial charge on any atom is -0.381 e. The lowest BCUT2D eigenvalue weighted by atomic mass is 10.1. The van der Waals surface area contributed by atoms with Gasteiger partial charge in [-0.2, -0.15) is 5.26 Å². The Balaban J connectivity index is 2.09. The van der Waals surface area contributed by atoms with E-state index in [1.54, 1.807) is 23.5 Å². The lowest BCUT2D eigenvalue weighted by molar-refractivity contribution is 0.624. The minimum atomic E-state index is -0.480. The summed E-state index contributed by atoms with van der Waals surface area (Å²) >= 11 is 1.76. The van der Waals surface area contributed by atoms with E-state index in [-0.39, 0.29) is 11.6 Å². The summed E-state index contributed by atoms with van der Waals surface area (Å²) in [6.07, 6.45) is 0.861. The van der Waals surface area contributed by atoms with Gasteiger partial charge in [0, 0.05) is 22.2 Å². The van der Waals surface area contributed by atoms with E-state index >= 15 is 0 Å². The van der Waals surface area contributed by atoms with Crippen LogP contribution in [0.15, 0.2) is 30.3 Å². The first-order valence-corrected chi connectivity index (χ1v) is 6.92. The standard InChI is InChI=1S/C15H15FN2S/c1-10(8-12-7-6-11(2)19-12)18-15-5-3-4-14(16)13(15)9-17/h3-7,10,18H,8H2,1-2H3. The molecule has 2 aromatic rings. The van der Waals surface area contributed by atoms with Crippen molar-refractivity contribution >= 4 is 17.0 Å². The van der Waals surface area contributed by atoms with Crippen LogP contribution in [-0.2, 0) is 6.42 Å². The molecule has 0 spiro atoms. The predicted octanol–water partition coefficient (Wildman–Crippen LogP) is 4.11. The second kappa shape index (κ2) is 5.85. The lowest BCUT2D eigenvalue weighted by Crippen LogP contribution is -2.18. The van der Waals surface area contributed by atoms with Crippen LogP contribution in [0.2, 0.25) is 0 Å². The van der Waals surface area contributed by atoms with E-state index in [1.165, 1.54) is 15.8 Å². The molecule has 0 amide bonds. The summed E-state index contributed by atoms with van der Waals surface area (Å²) in [6.45, 7) is 4.10. The van der Waals surface area contributed by atoms with Crippen LogP contribution < -0.4 is 5.32 Å². The molecule has 0 aliphatic carbocycles. The molecule has 0 saturated carbocycles. The highest BCUT2D eigenvalue weighted by Crippen LogP contribution is 2.21. The summed E-state index contributed by atoms with van der Waals surface area (Å²) in [7, 11) is 0. The minimum absolute atomic E-state index is 0.0803. The van der Waals surface area contributed by atoms with E-state index in [1.807, 2.05) is 13.0 Å². The van der Waals surface area contributed by atoms with Gasteiger partial charge in [0.15, 0.2) is 0 Å². The molecule has 0 fully saturated rings. The SMILES string of the molecule is Cc1ccc(CC(C)Nc2cccc(F)c2C#N)s1. The molecule has 98 valence electrons. The van der Waals surface area contributed by atoms with Gasteiger partial charge in [-0.15, -0.1) is 11.3 Å². The zero-order valence-corrected chi connectivity index (χ0v) is 11.7. The van der Waals surface area contributed by atoms with E-state index in [9.17, 15) is 4.39 Å². The summed E-state index contributed by atoms with van der Waals surface area (Å²) in [5.74, 6) is -0.480. The molecule has 19 heavy (non-hydrogen) atoms. The third kappa shape index (κ3) is 3.33. The summed E-state index contributed by atoms with van der Waals surface area (Å²) in [6, 6.07) is 10.9. The molecule has 0 bridgehead atoms. The van der Waals surface area contributed by atoms with Crippen molar-refractivity contribution in [3.05, 3.63) is 51.5 Å². The highest BCUT2D eigenvalue weighted by Gasteiger charge is 2.11. The van der Waals surface area contributed by atoms with Gasteiger partial charge in [-0.1, -0.05) is 6.07 Å². The first-order valence-electron chi connectivity index (χ1n) is 6.10. The Bertz CT molecular complexity index is 613. The molecule has 1 atom stereocenters. The topological polar surface area (TPSA) is 35.8 Å². The largest absolute Gasteiger partial charge is 0.381 e. The summed E-state index contributed by atoms with van der Waals surface area (Å²) in [5.41, 5.74) is 0.639. The van der Waals surface area contributed by atoms with Crippen LogP contribution in [0.1, 0.15) is 22.2 Å². The fraction of sp³-hybridized carbons (Fsp3) is 0.267. The van der Waals surface area contributed by atoms with Crippen LogP contribution in [0.3, 0.4) is 0 Å². The molecule has 1 N–H and O–H groups in total. The van der Waals surface area contributed by atoms with Crippen molar-refractivity contribution in [3.63, 3.8) is 0 Å². The number of anilines is 1. The van der Waals surface area contributed by atoms with Gasteiger partial charge in [0.25, 0.3) is 0 Å². The van der Waals surface area contributed by atoms with E-state index in [2.05, 4.69) is 24.4 Å².